The lowest BCUT2D eigenvalue weighted by Gasteiger charge is -2.08. The van der Waals surface area contributed by atoms with E-state index in [1.807, 2.05) is 0 Å². The van der Waals surface area contributed by atoms with E-state index in [1.165, 1.54) is 18.2 Å². The van der Waals surface area contributed by atoms with Crippen molar-refractivity contribution in [1.29, 1.82) is 15.8 Å². The molecule has 8 heteroatoms. The van der Waals surface area contributed by atoms with Gasteiger partial charge in [0.05, 0.1) is 5.56 Å². The quantitative estimate of drug-likeness (QED) is 0.740. The fourth-order valence-electron chi connectivity index (χ4n) is 0.975. The summed E-state index contributed by atoms with van der Waals surface area (Å²) < 4.78 is 39.2. The summed E-state index contributed by atoms with van der Waals surface area (Å²) in [7, 11) is 0. The lowest BCUT2D eigenvalue weighted by Crippen LogP contribution is -2.18. The van der Waals surface area contributed by atoms with Gasteiger partial charge >= 0.3 is 6.36 Å². The number of hydrogen-bond acceptors (Lipinski definition) is 5. The number of aromatic nitrogens is 1. The molecule has 0 radical (unpaired) electrons. The normalized spacial score (nSPS) is 9.88. The summed E-state index contributed by atoms with van der Waals surface area (Å²) in [6.07, 6.45) is -4.99. The number of nitrogens with zero attached hydrogens (tertiary/aromatic N) is 4. The van der Waals surface area contributed by atoms with E-state index in [9.17, 15) is 13.2 Å². The van der Waals surface area contributed by atoms with Gasteiger partial charge in [0.1, 0.15) is 23.8 Å². The van der Waals surface area contributed by atoms with Crippen LogP contribution in [-0.2, 0) is 0 Å². The van der Waals surface area contributed by atoms with Crippen LogP contribution in [0, 0.1) is 34.0 Å². The minimum absolute atomic E-state index is 0.385. The highest BCUT2D eigenvalue weighted by Crippen LogP contribution is 2.24. The molecule has 1 rings (SSSR count). The van der Waals surface area contributed by atoms with Crippen LogP contribution in [0.3, 0.4) is 0 Å². The molecular weight excluding hydrogens is 237 g/mol. The van der Waals surface area contributed by atoms with Gasteiger partial charge < -0.3 is 4.74 Å². The van der Waals surface area contributed by atoms with Crippen molar-refractivity contribution in [3.63, 3.8) is 0 Å². The first-order chi connectivity index (χ1) is 7.91. The van der Waals surface area contributed by atoms with Crippen LogP contribution in [0.15, 0.2) is 6.07 Å². The highest BCUT2D eigenvalue weighted by molar-refractivity contribution is 5.53. The summed E-state index contributed by atoms with van der Waals surface area (Å²) in [6, 6.07) is 5.06. The van der Waals surface area contributed by atoms with E-state index in [1.54, 1.807) is 0 Å². The molecule has 0 N–H and O–H groups in total. The molecule has 0 aliphatic heterocycles. The Kier molecular flexibility index (Phi) is 3.16. The summed E-state index contributed by atoms with van der Waals surface area (Å²) in [5.41, 5.74) is -1.38. The van der Waals surface area contributed by atoms with Gasteiger partial charge in [-0.3, -0.25) is 0 Å². The Morgan fingerprint density at radius 1 is 1.12 bits per heavy atom. The fraction of sp³-hybridized carbons (Fsp3) is 0.111. The van der Waals surface area contributed by atoms with E-state index in [2.05, 4.69) is 9.72 Å². The third kappa shape index (κ3) is 2.83. The van der Waals surface area contributed by atoms with E-state index in [0.717, 1.165) is 0 Å². The zero-order chi connectivity index (χ0) is 13.1. The molecule has 0 aliphatic carbocycles. The Bertz CT molecular complexity index is 539. The van der Waals surface area contributed by atoms with Crippen LogP contribution in [0.1, 0.15) is 16.8 Å². The molecule has 1 heterocycles. The Labute approximate surface area is 92.9 Å². The van der Waals surface area contributed by atoms with Crippen LogP contribution in [0.25, 0.3) is 0 Å². The molecule has 5 nitrogen and oxygen atoms in total. The summed E-state index contributed by atoms with van der Waals surface area (Å²) in [5, 5.41) is 25.8. The zero-order valence-electron chi connectivity index (χ0n) is 7.91. The van der Waals surface area contributed by atoms with Gasteiger partial charge in [0.2, 0.25) is 5.88 Å². The number of halogens is 3. The van der Waals surface area contributed by atoms with Crippen molar-refractivity contribution in [3.05, 3.63) is 22.9 Å². The predicted octanol–water partition coefficient (Wildman–Crippen LogP) is 1.60. The highest BCUT2D eigenvalue weighted by Gasteiger charge is 2.32. The second-order valence-corrected chi connectivity index (χ2v) is 2.61. The van der Waals surface area contributed by atoms with Crippen LogP contribution in [0.2, 0.25) is 0 Å². The average Bonchev–Trinajstić information content (AvgIpc) is 2.25. The minimum Gasteiger partial charge on any atom is -0.388 e. The first-order valence-electron chi connectivity index (χ1n) is 3.92. The second-order valence-electron chi connectivity index (χ2n) is 2.61. The lowest BCUT2D eigenvalue weighted by molar-refractivity contribution is -0.276. The van der Waals surface area contributed by atoms with Gasteiger partial charge in [-0.15, -0.1) is 13.2 Å². The van der Waals surface area contributed by atoms with Crippen LogP contribution in [-0.4, -0.2) is 11.3 Å². The van der Waals surface area contributed by atoms with Crippen molar-refractivity contribution in [2.24, 2.45) is 0 Å². The van der Waals surface area contributed by atoms with Crippen LogP contribution < -0.4 is 4.74 Å². The van der Waals surface area contributed by atoms with E-state index < -0.39 is 23.5 Å². The van der Waals surface area contributed by atoms with Gasteiger partial charge in [-0.2, -0.15) is 15.8 Å². The molecule has 17 heavy (non-hydrogen) atoms. The SMILES string of the molecule is N#Cc1cc(OC(F)(F)F)nc(C#N)c1C#N. The molecule has 0 unspecified atom stereocenters. The van der Waals surface area contributed by atoms with E-state index >= 15 is 0 Å². The average molecular weight is 238 g/mol. The summed E-state index contributed by atoms with van der Waals surface area (Å²) in [5.74, 6) is -0.954. The van der Waals surface area contributed by atoms with Crippen LogP contribution in [0.4, 0.5) is 13.2 Å². The maximum absolute atomic E-state index is 11.9. The summed E-state index contributed by atoms with van der Waals surface area (Å²) in [4.78, 5) is 3.18. The van der Waals surface area contributed by atoms with Crippen LogP contribution >= 0.6 is 0 Å². The lowest BCUT2D eigenvalue weighted by atomic mass is 10.1. The molecule has 84 valence electrons. The number of nitriles is 3. The first-order valence-corrected chi connectivity index (χ1v) is 3.92. The second kappa shape index (κ2) is 4.38. The van der Waals surface area contributed by atoms with Crippen molar-refractivity contribution >= 4 is 0 Å². The minimum atomic E-state index is -4.99. The van der Waals surface area contributed by atoms with Gasteiger partial charge in [-0.1, -0.05) is 0 Å². The fourth-order valence-corrected chi connectivity index (χ4v) is 0.975. The molecule has 0 aliphatic rings. The van der Waals surface area contributed by atoms with Crippen LogP contribution in [0.5, 0.6) is 5.88 Å². The monoisotopic (exact) mass is 238 g/mol. The Morgan fingerprint density at radius 3 is 2.18 bits per heavy atom. The maximum Gasteiger partial charge on any atom is 0.574 e. The molecule has 0 aromatic carbocycles. The molecule has 1 aromatic heterocycles. The molecule has 0 atom stereocenters. The zero-order valence-corrected chi connectivity index (χ0v) is 7.91. The first kappa shape index (κ1) is 12.3. The number of pyridine rings is 1. The van der Waals surface area contributed by atoms with E-state index in [0.29, 0.717) is 6.07 Å². The molecule has 0 amide bonds. The molecule has 0 fully saturated rings. The van der Waals surface area contributed by atoms with Gasteiger partial charge in [-0.25, -0.2) is 4.98 Å². The van der Waals surface area contributed by atoms with E-state index in [-0.39, 0.29) is 5.56 Å². The highest BCUT2D eigenvalue weighted by atomic mass is 19.4. The molecule has 0 saturated carbocycles. The van der Waals surface area contributed by atoms with Crippen molar-refractivity contribution in [2.75, 3.05) is 0 Å². The summed E-state index contributed by atoms with van der Waals surface area (Å²) in [6.45, 7) is 0. The standard InChI is InChI=1S/C9HF3N4O/c10-9(11,12)17-8-1-5(2-13)6(3-14)7(4-15)16-8/h1H. The number of rotatable bonds is 1. The summed E-state index contributed by atoms with van der Waals surface area (Å²) >= 11 is 0. The van der Waals surface area contributed by atoms with Crippen molar-refractivity contribution < 1.29 is 17.9 Å². The molecule has 1 aromatic rings. The largest absolute Gasteiger partial charge is 0.574 e. The number of hydrogen-bond donors (Lipinski definition) is 0. The molecule has 0 spiro atoms. The van der Waals surface area contributed by atoms with Crippen molar-refractivity contribution in [2.45, 2.75) is 6.36 Å². The molecule has 0 bridgehead atoms. The maximum atomic E-state index is 11.9. The topological polar surface area (TPSA) is 93.5 Å². The third-order valence-corrected chi connectivity index (χ3v) is 1.55. The van der Waals surface area contributed by atoms with Gasteiger partial charge in [-0.05, 0) is 0 Å². The van der Waals surface area contributed by atoms with Gasteiger partial charge in [0, 0.05) is 6.07 Å². The molecule has 0 saturated heterocycles. The Morgan fingerprint density at radius 2 is 1.76 bits per heavy atom. The predicted molar refractivity (Wildman–Crippen MR) is 45.1 cm³/mol. The van der Waals surface area contributed by atoms with Gasteiger partial charge in [0.15, 0.2) is 5.69 Å². The van der Waals surface area contributed by atoms with Crippen molar-refractivity contribution in [3.8, 4) is 24.1 Å². The van der Waals surface area contributed by atoms with E-state index in [4.69, 9.17) is 15.8 Å². The van der Waals surface area contributed by atoms with Gasteiger partial charge in [0.25, 0.3) is 0 Å². The molecular formula is C9HF3N4O. The third-order valence-electron chi connectivity index (χ3n) is 1.55. The number of alkyl halides is 3. The van der Waals surface area contributed by atoms with Crippen molar-refractivity contribution in [1.82, 2.24) is 4.98 Å². The number of ether oxygens (including phenoxy) is 1. The Hall–Kier alpha value is -2.79. The smallest absolute Gasteiger partial charge is 0.388 e. The Balaban J connectivity index is 3.37.